The van der Waals surface area contributed by atoms with Gasteiger partial charge in [0.05, 0.1) is 6.54 Å². The minimum atomic E-state index is -0.0173. The molecule has 0 bridgehead atoms. The molecule has 0 radical (unpaired) electrons. The Balaban J connectivity index is 1.76. The van der Waals surface area contributed by atoms with Crippen LogP contribution in [0.1, 0.15) is 30.9 Å². The van der Waals surface area contributed by atoms with Gasteiger partial charge in [0.15, 0.2) is 5.96 Å². The van der Waals surface area contributed by atoms with Crippen LogP contribution < -0.4 is 11.1 Å². The second-order valence-electron chi connectivity index (χ2n) is 6.78. The van der Waals surface area contributed by atoms with Gasteiger partial charge in [-0.3, -0.25) is 4.99 Å². The quantitative estimate of drug-likeness (QED) is 0.558. The standard InChI is InChI=1S/C21H26BrN3O/c1-2-16-4-3-5-19(14-16)25-20(23)24-15-21(10-12-26-13-11-21)17-6-8-18(22)9-7-17/h3-9,14H,2,10-13,15H2,1H3,(H3,23,24,25). The van der Waals surface area contributed by atoms with Crippen LogP contribution in [0.25, 0.3) is 0 Å². The average molecular weight is 416 g/mol. The van der Waals surface area contributed by atoms with Crippen LogP contribution in [0, 0.1) is 0 Å². The summed E-state index contributed by atoms with van der Waals surface area (Å²) in [4.78, 5) is 4.69. The highest BCUT2D eigenvalue weighted by atomic mass is 79.9. The molecule has 5 heteroatoms. The number of nitrogens with zero attached hydrogens (tertiary/aromatic N) is 1. The second kappa shape index (κ2) is 8.69. The Morgan fingerprint density at radius 2 is 1.92 bits per heavy atom. The zero-order valence-corrected chi connectivity index (χ0v) is 16.8. The van der Waals surface area contributed by atoms with Crippen molar-refractivity contribution in [3.05, 3.63) is 64.1 Å². The molecule has 1 aliphatic rings. The number of rotatable bonds is 5. The topological polar surface area (TPSA) is 59.6 Å². The van der Waals surface area contributed by atoms with Gasteiger partial charge in [-0.25, -0.2) is 0 Å². The number of aryl methyl sites for hydroxylation is 1. The summed E-state index contributed by atoms with van der Waals surface area (Å²) in [5.41, 5.74) is 9.72. The van der Waals surface area contributed by atoms with E-state index in [9.17, 15) is 0 Å². The Morgan fingerprint density at radius 3 is 2.62 bits per heavy atom. The predicted octanol–water partition coefficient (Wildman–Crippen LogP) is 4.49. The first-order chi connectivity index (χ1) is 12.6. The highest BCUT2D eigenvalue weighted by molar-refractivity contribution is 9.10. The molecule has 1 heterocycles. The summed E-state index contributed by atoms with van der Waals surface area (Å²) in [6, 6.07) is 16.8. The van der Waals surface area contributed by atoms with Crippen molar-refractivity contribution >= 4 is 27.6 Å². The minimum absolute atomic E-state index is 0.0173. The highest BCUT2D eigenvalue weighted by Gasteiger charge is 2.34. The van der Waals surface area contributed by atoms with Crippen molar-refractivity contribution in [2.45, 2.75) is 31.6 Å². The molecule has 138 valence electrons. The fraction of sp³-hybridized carbons (Fsp3) is 0.381. The van der Waals surface area contributed by atoms with Crippen molar-refractivity contribution in [1.82, 2.24) is 0 Å². The molecule has 1 fully saturated rings. The molecule has 0 aliphatic carbocycles. The van der Waals surface area contributed by atoms with E-state index in [1.54, 1.807) is 0 Å². The smallest absolute Gasteiger partial charge is 0.193 e. The fourth-order valence-corrected chi connectivity index (χ4v) is 3.66. The third kappa shape index (κ3) is 4.65. The maximum absolute atomic E-state index is 6.18. The van der Waals surface area contributed by atoms with Crippen molar-refractivity contribution in [2.75, 3.05) is 25.1 Å². The first-order valence-electron chi connectivity index (χ1n) is 9.11. The van der Waals surface area contributed by atoms with Gasteiger partial charge >= 0.3 is 0 Å². The summed E-state index contributed by atoms with van der Waals surface area (Å²) in [7, 11) is 0. The van der Waals surface area contributed by atoms with Crippen LogP contribution in [-0.2, 0) is 16.6 Å². The van der Waals surface area contributed by atoms with E-state index in [1.165, 1.54) is 11.1 Å². The zero-order chi connectivity index (χ0) is 18.4. The molecular formula is C21H26BrN3O. The zero-order valence-electron chi connectivity index (χ0n) is 15.2. The van der Waals surface area contributed by atoms with E-state index in [2.05, 4.69) is 69.6 Å². The van der Waals surface area contributed by atoms with Gasteiger partial charge in [-0.2, -0.15) is 0 Å². The predicted molar refractivity (Wildman–Crippen MR) is 112 cm³/mol. The van der Waals surface area contributed by atoms with Gasteiger partial charge in [0.25, 0.3) is 0 Å². The number of benzene rings is 2. The van der Waals surface area contributed by atoms with Crippen LogP contribution in [0.5, 0.6) is 0 Å². The SMILES string of the molecule is CCc1cccc(NC(N)=NCC2(c3ccc(Br)cc3)CCOCC2)c1. The van der Waals surface area contributed by atoms with Crippen LogP contribution in [0.3, 0.4) is 0 Å². The number of nitrogens with one attached hydrogen (secondary N) is 1. The number of anilines is 1. The molecule has 26 heavy (non-hydrogen) atoms. The van der Waals surface area contributed by atoms with Crippen molar-refractivity contribution in [3.8, 4) is 0 Å². The first-order valence-corrected chi connectivity index (χ1v) is 9.90. The maximum atomic E-state index is 6.18. The lowest BCUT2D eigenvalue weighted by molar-refractivity contribution is 0.0531. The summed E-state index contributed by atoms with van der Waals surface area (Å²) in [6.07, 6.45) is 2.91. The fourth-order valence-electron chi connectivity index (χ4n) is 3.40. The van der Waals surface area contributed by atoms with Gasteiger partial charge in [0, 0.05) is 28.8 Å². The third-order valence-electron chi connectivity index (χ3n) is 5.07. The average Bonchev–Trinajstić information content (AvgIpc) is 2.68. The molecule has 3 N–H and O–H groups in total. The molecule has 0 spiro atoms. The molecule has 2 aromatic rings. The van der Waals surface area contributed by atoms with Gasteiger partial charge in [-0.15, -0.1) is 0 Å². The summed E-state index contributed by atoms with van der Waals surface area (Å²) in [6.45, 7) is 4.32. The molecule has 1 saturated heterocycles. The lowest BCUT2D eigenvalue weighted by Crippen LogP contribution is -2.38. The maximum Gasteiger partial charge on any atom is 0.193 e. The van der Waals surface area contributed by atoms with Crippen molar-refractivity contribution in [1.29, 1.82) is 0 Å². The number of ether oxygens (including phenoxy) is 1. The molecule has 4 nitrogen and oxygen atoms in total. The summed E-state index contributed by atoms with van der Waals surface area (Å²) >= 11 is 3.52. The monoisotopic (exact) mass is 415 g/mol. The van der Waals surface area contributed by atoms with Crippen LogP contribution in [0.15, 0.2) is 58.0 Å². The van der Waals surface area contributed by atoms with Crippen molar-refractivity contribution < 1.29 is 4.74 Å². The van der Waals surface area contributed by atoms with Crippen molar-refractivity contribution in [3.63, 3.8) is 0 Å². The summed E-state index contributed by atoms with van der Waals surface area (Å²) < 4.78 is 6.68. The Hall–Kier alpha value is -1.85. The van der Waals surface area contributed by atoms with E-state index in [-0.39, 0.29) is 5.41 Å². The normalized spacial score (nSPS) is 17.1. The Labute approximate surface area is 164 Å². The first kappa shape index (κ1) is 18.9. The number of nitrogens with two attached hydrogens (primary N) is 1. The van der Waals surface area contributed by atoms with Crippen LogP contribution in [0.4, 0.5) is 5.69 Å². The van der Waals surface area contributed by atoms with Gasteiger partial charge in [-0.05, 0) is 54.7 Å². The van der Waals surface area contributed by atoms with E-state index in [0.29, 0.717) is 12.5 Å². The molecule has 1 aliphatic heterocycles. The van der Waals surface area contributed by atoms with E-state index in [0.717, 1.165) is 42.6 Å². The summed E-state index contributed by atoms with van der Waals surface area (Å²) in [5.74, 6) is 0.459. The van der Waals surface area contributed by atoms with Crippen molar-refractivity contribution in [2.24, 2.45) is 10.7 Å². The van der Waals surface area contributed by atoms with Crippen LogP contribution in [-0.4, -0.2) is 25.7 Å². The number of hydrogen-bond acceptors (Lipinski definition) is 2. The second-order valence-corrected chi connectivity index (χ2v) is 7.70. The highest BCUT2D eigenvalue weighted by Crippen LogP contribution is 2.35. The van der Waals surface area contributed by atoms with Crippen LogP contribution in [0.2, 0.25) is 0 Å². The van der Waals surface area contributed by atoms with Crippen LogP contribution >= 0.6 is 15.9 Å². The molecule has 3 rings (SSSR count). The molecule has 0 unspecified atom stereocenters. The lowest BCUT2D eigenvalue weighted by atomic mass is 9.74. The molecule has 0 atom stereocenters. The van der Waals surface area contributed by atoms with Gasteiger partial charge in [-0.1, -0.05) is 47.1 Å². The molecule has 0 saturated carbocycles. The Bertz CT molecular complexity index is 752. The summed E-state index contributed by atoms with van der Waals surface area (Å²) in [5, 5.41) is 3.22. The molecule has 0 aromatic heterocycles. The Kier molecular flexibility index (Phi) is 6.33. The number of guanidine groups is 1. The van der Waals surface area contributed by atoms with E-state index >= 15 is 0 Å². The number of aliphatic imine (C=N–C) groups is 1. The largest absolute Gasteiger partial charge is 0.381 e. The molecule has 0 amide bonds. The molecule has 2 aromatic carbocycles. The lowest BCUT2D eigenvalue weighted by Gasteiger charge is -2.36. The van der Waals surface area contributed by atoms with E-state index < -0.39 is 0 Å². The van der Waals surface area contributed by atoms with Gasteiger partial charge in [0.1, 0.15) is 0 Å². The molecular weight excluding hydrogens is 390 g/mol. The van der Waals surface area contributed by atoms with Gasteiger partial charge < -0.3 is 15.8 Å². The number of hydrogen-bond donors (Lipinski definition) is 2. The van der Waals surface area contributed by atoms with E-state index in [1.807, 2.05) is 12.1 Å². The van der Waals surface area contributed by atoms with E-state index in [4.69, 9.17) is 10.5 Å². The Morgan fingerprint density at radius 1 is 1.19 bits per heavy atom. The third-order valence-corrected chi connectivity index (χ3v) is 5.59. The van der Waals surface area contributed by atoms with Gasteiger partial charge in [0.2, 0.25) is 0 Å². The minimum Gasteiger partial charge on any atom is -0.381 e. The number of halogens is 1.